The summed E-state index contributed by atoms with van der Waals surface area (Å²) in [6.07, 6.45) is 6.26. The molecule has 5 heteroatoms. The first-order valence-electron chi connectivity index (χ1n) is 7.42. The Morgan fingerprint density at radius 3 is 2.50 bits per heavy atom. The minimum Gasteiger partial charge on any atom is -0.480 e. The quantitative estimate of drug-likeness (QED) is 0.828. The standard InChI is InChI=1S/C15H23N3O2/c1-3-12-10-13(17-11(2)16-12)18-15(14(19)20)8-6-4-5-7-9-15/h10H,3-9H2,1-2H3,(H,19,20)(H,16,17,18). The van der Waals surface area contributed by atoms with E-state index in [0.717, 1.165) is 37.8 Å². The number of hydrogen-bond acceptors (Lipinski definition) is 4. The van der Waals surface area contributed by atoms with Gasteiger partial charge in [-0.2, -0.15) is 0 Å². The molecule has 0 aliphatic heterocycles. The number of anilines is 1. The van der Waals surface area contributed by atoms with Gasteiger partial charge in [-0.3, -0.25) is 0 Å². The molecule has 0 bridgehead atoms. The van der Waals surface area contributed by atoms with Gasteiger partial charge >= 0.3 is 5.97 Å². The van der Waals surface area contributed by atoms with E-state index in [1.807, 2.05) is 19.9 Å². The van der Waals surface area contributed by atoms with Gasteiger partial charge in [0.15, 0.2) is 0 Å². The molecule has 1 aromatic rings. The largest absolute Gasteiger partial charge is 0.480 e. The lowest BCUT2D eigenvalue weighted by molar-refractivity contribution is -0.142. The number of aromatic nitrogens is 2. The highest BCUT2D eigenvalue weighted by Gasteiger charge is 2.39. The lowest BCUT2D eigenvalue weighted by atomic mass is 9.90. The third kappa shape index (κ3) is 3.26. The third-order valence-corrected chi connectivity index (χ3v) is 3.99. The van der Waals surface area contributed by atoms with Crippen LogP contribution in [0.25, 0.3) is 0 Å². The lowest BCUT2D eigenvalue weighted by Gasteiger charge is -2.30. The molecule has 1 fully saturated rings. The minimum atomic E-state index is -0.873. The van der Waals surface area contributed by atoms with Gasteiger partial charge in [0.2, 0.25) is 0 Å². The highest BCUT2D eigenvalue weighted by molar-refractivity contribution is 5.82. The molecule has 0 radical (unpaired) electrons. The number of nitrogens with zero attached hydrogens (tertiary/aromatic N) is 2. The van der Waals surface area contributed by atoms with Gasteiger partial charge in [-0.1, -0.05) is 32.6 Å². The van der Waals surface area contributed by atoms with Crippen molar-refractivity contribution in [2.75, 3.05) is 5.32 Å². The number of aryl methyl sites for hydroxylation is 2. The number of carboxylic acids is 1. The monoisotopic (exact) mass is 277 g/mol. The van der Waals surface area contributed by atoms with E-state index < -0.39 is 11.5 Å². The predicted octanol–water partition coefficient (Wildman–Crippen LogP) is 2.94. The predicted molar refractivity (Wildman–Crippen MR) is 77.8 cm³/mol. The number of carbonyl (C=O) groups is 1. The molecule has 0 aromatic carbocycles. The summed E-state index contributed by atoms with van der Waals surface area (Å²) in [5.41, 5.74) is 0.0663. The van der Waals surface area contributed by atoms with Crippen LogP contribution in [0.15, 0.2) is 6.07 Å². The highest BCUT2D eigenvalue weighted by atomic mass is 16.4. The second-order valence-electron chi connectivity index (χ2n) is 5.57. The van der Waals surface area contributed by atoms with Crippen molar-refractivity contribution >= 4 is 11.8 Å². The van der Waals surface area contributed by atoms with Crippen LogP contribution in [0.3, 0.4) is 0 Å². The number of aliphatic carboxylic acids is 1. The number of nitrogens with one attached hydrogen (secondary N) is 1. The van der Waals surface area contributed by atoms with Crippen molar-refractivity contribution < 1.29 is 9.90 Å². The van der Waals surface area contributed by atoms with Crippen molar-refractivity contribution in [2.45, 2.75) is 64.3 Å². The Kier molecular flexibility index (Phi) is 4.57. The van der Waals surface area contributed by atoms with Crippen molar-refractivity contribution in [3.8, 4) is 0 Å². The smallest absolute Gasteiger partial charge is 0.329 e. The summed E-state index contributed by atoms with van der Waals surface area (Å²) >= 11 is 0. The zero-order valence-electron chi connectivity index (χ0n) is 12.3. The molecule has 1 aliphatic carbocycles. The molecule has 2 N–H and O–H groups in total. The van der Waals surface area contributed by atoms with Gasteiger partial charge < -0.3 is 10.4 Å². The van der Waals surface area contributed by atoms with E-state index in [0.29, 0.717) is 24.5 Å². The molecular weight excluding hydrogens is 254 g/mol. The van der Waals surface area contributed by atoms with E-state index >= 15 is 0 Å². The molecule has 0 amide bonds. The minimum absolute atomic E-state index is 0.638. The average molecular weight is 277 g/mol. The van der Waals surface area contributed by atoms with Crippen LogP contribution in [0.5, 0.6) is 0 Å². The summed E-state index contributed by atoms with van der Waals surface area (Å²) in [5.74, 6) is 0.549. The molecule has 0 spiro atoms. The van der Waals surface area contributed by atoms with Crippen molar-refractivity contribution in [3.05, 3.63) is 17.6 Å². The molecule has 1 heterocycles. The molecule has 0 unspecified atom stereocenters. The van der Waals surface area contributed by atoms with Crippen LogP contribution in [-0.4, -0.2) is 26.6 Å². The lowest BCUT2D eigenvalue weighted by Crippen LogP contribution is -2.46. The molecule has 110 valence electrons. The van der Waals surface area contributed by atoms with Crippen LogP contribution in [0.4, 0.5) is 5.82 Å². The van der Waals surface area contributed by atoms with Gasteiger partial charge in [0.05, 0.1) is 0 Å². The molecule has 1 aromatic heterocycles. The van der Waals surface area contributed by atoms with Crippen LogP contribution < -0.4 is 5.32 Å². The van der Waals surface area contributed by atoms with Gasteiger partial charge in [0, 0.05) is 11.8 Å². The fraction of sp³-hybridized carbons (Fsp3) is 0.667. The van der Waals surface area contributed by atoms with Crippen molar-refractivity contribution in [1.29, 1.82) is 0 Å². The molecule has 1 saturated carbocycles. The van der Waals surface area contributed by atoms with Crippen LogP contribution >= 0.6 is 0 Å². The second-order valence-corrected chi connectivity index (χ2v) is 5.57. The zero-order valence-corrected chi connectivity index (χ0v) is 12.3. The third-order valence-electron chi connectivity index (χ3n) is 3.99. The van der Waals surface area contributed by atoms with Gasteiger partial charge in [0.25, 0.3) is 0 Å². The summed E-state index contributed by atoms with van der Waals surface area (Å²) in [6.45, 7) is 3.87. The fourth-order valence-electron chi connectivity index (χ4n) is 2.84. The van der Waals surface area contributed by atoms with E-state index in [1.165, 1.54) is 0 Å². The van der Waals surface area contributed by atoms with Crippen LogP contribution in [0.2, 0.25) is 0 Å². The molecule has 1 aliphatic rings. The van der Waals surface area contributed by atoms with E-state index in [4.69, 9.17) is 0 Å². The Hall–Kier alpha value is -1.65. The summed E-state index contributed by atoms with van der Waals surface area (Å²) in [4.78, 5) is 20.4. The maximum atomic E-state index is 11.8. The van der Waals surface area contributed by atoms with Crippen LogP contribution in [0.1, 0.15) is 57.0 Å². The van der Waals surface area contributed by atoms with Gasteiger partial charge in [0.1, 0.15) is 17.2 Å². The first kappa shape index (κ1) is 14.8. The van der Waals surface area contributed by atoms with E-state index in [1.54, 1.807) is 0 Å². The number of carboxylic acid groups (broad SMARTS) is 1. The van der Waals surface area contributed by atoms with E-state index in [9.17, 15) is 9.90 Å². The second kappa shape index (κ2) is 6.20. The topological polar surface area (TPSA) is 75.1 Å². The van der Waals surface area contributed by atoms with Crippen LogP contribution in [0, 0.1) is 6.92 Å². The van der Waals surface area contributed by atoms with E-state index in [2.05, 4.69) is 15.3 Å². The first-order valence-corrected chi connectivity index (χ1v) is 7.42. The Bertz CT molecular complexity index is 480. The van der Waals surface area contributed by atoms with E-state index in [-0.39, 0.29) is 0 Å². The zero-order chi connectivity index (χ0) is 14.6. The average Bonchev–Trinajstić information content (AvgIpc) is 2.64. The summed E-state index contributed by atoms with van der Waals surface area (Å²) in [5, 5.41) is 12.9. The Labute approximate surface area is 119 Å². The maximum absolute atomic E-state index is 11.8. The number of hydrogen-bond donors (Lipinski definition) is 2. The highest BCUT2D eigenvalue weighted by Crippen LogP contribution is 2.30. The fourth-order valence-corrected chi connectivity index (χ4v) is 2.84. The molecule has 5 nitrogen and oxygen atoms in total. The molecule has 2 rings (SSSR count). The Morgan fingerprint density at radius 2 is 1.95 bits per heavy atom. The summed E-state index contributed by atoms with van der Waals surface area (Å²) < 4.78 is 0. The van der Waals surface area contributed by atoms with Gasteiger partial charge in [-0.05, 0) is 26.2 Å². The maximum Gasteiger partial charge on any atom is 0.329 e. The van der Waals surface area contributed by atoms with Gasteiger partial charge in [-0.15, -0.1) is 0 Å². The van der Waals surface area contributed by atoms with Crippen LogP contribution in [-0.2, 0) is 11.2 Å². The molecule has 0 atom stereocenters. The summed E-state index contributed by atoms with van der Waals surface area (Å²) in [7, 11) is 0. The molecule has 20 heavy (non-hydrogen) atoms. The van der Waals surface area contributed by atoms with Gasteiger partial charge in [-0.25, -0.2) is 14.8 Å². The van der Waals surface area contributed by atoms with Crippen molar-refractivity contribution in [2.24, 2.45) is 0 Å². The van der Waals surface area contributed by atoms with Crippen molar-refractivity contribution in [1.82, 2.24) is 9.97 Å². The van der Waals surface area contributed by atoms with Crippen molar-refractivity contribution in [3.63, 3.8) is 0 Å². The molecule has 0 saturated heterocycles. The first-order chi connectivity index (χ1) is 9.55. The Balaban J connectivity index is 2.27. The molecular formula is C15H23N3O2. The Morgan fingerprint density at radius 1 is 1.30 bits per heavy atom. The number of rotatable bonds is 4. The normalized spacial score (nSPS) is 18.3. The SMILES string of the molecule is CCc1cc(NC2(C(=O)O)CCCCCC2)nc(C)n1. The summed E-state index contributed by atoms with van der Waals surface area (Å²) in [6, 6.07) is 1.86.